The van der Waals surface area contributed by atoms with Gasteiger partial charge >= 0.3 is 0 Å². The van der Waals surface area contributed by atoms with Crippen LogP contribution in [0.2, 0.25) is 0 Å². The molecule has 3 nitrogen and oxygen atoms in total. The normalized spacial score (nSPS) is 14.6. The first kappa shape index (κ1) is 15.7. The number of ether oxygens (including phenoxy) is 1. The summed E-state index contributed by atoms with van der Waals surface area (Å²) in [4.78, 5) is 13.5. The van der Waals surface area contributed by atoms with Gasteiger partial charge in [0.05, 0.1) is 13.2 Å². The number of carbonyl (C=O) groups excluding carboxylic acids is 1. The van der Waals surface area contributed by atoms with Crippen molar-refractivity contribution in [2.24, 2.45) is 0 Å². The second kappa shape index (κ2) is 7.97. The number of rotatable bonds is 5. The van der Waals surface area contributed by atoms with E-state index in [2.05, 4.69) is 35.7 Å². The Labute approximate surface area is 120 Å². The van der Waals surface area contributed by atoms with E-state index in [9.17, 15) is 4.79 Å². The van der Waals surface area contributed by atoms with Gasteiger partial charge in [0.15, 0.2) is 5.78 Å². The third kappa shape index (κ3) is 4.69. The van der Waals surface area contributed by atoms with Crippen LogP contribution in [-0.4, -0.2) is 32.1 Å². The molecule has 0 N–H and O–H groups in total. The van der Waals surface area contributed by atoms with Crippen molar-refractivity contribution in [3.8, 4) is 0 Å². The minimum absolute atomic E-state index is 0. The molecule has 0 bridgehead atoms. The summed E-state index contributed by atoms with van der Waals surface area (Å²) < 4.78 is 5.35. The lowest BCUT2D eigenvalue weighted by Gasteiger charge is -2.29. The summed E-state index contributed by atoms with van der Waals surface area (Å²) >= 11 is 0. The highest BCUT2D eigenvalue weighted by molar-refractivity contribution is 5.89. The lowest BCUT2D eigenvalue weighted by atomic mass is 10.1. The summed E-state index contributed by atoms with van der Waals surface area (Å²) in [6.07, 6.45) is 2.71. The van der Waals surface area contributed by atoms with Crippen LogP contribution in [0.25, 0.3) is 0 Å². The smallest absolute Gasteiger partial charge is 0.155 e. The van der Waals surface area contributed by atoms with Gasteiger partial charge in [-0.3, -0.25) is 4.79 Å². The van der Waals surface area contributed by atoms with Crippen molar-refractivity contribution in [1.82, 2.24) is 0 Å². The summed E-state index contributed by atoms with van der Waals surface area (Å²) in [5.41, 5.74) is 2.43. The molecule has 1 aliphatic heterocycles. The molecule has 1 aromatic carbocycles. The molecule has 0 spiro atoms. The van der Waals surface area contributed by atoms with Crippen molar-refractivity contribution in [1.29, 1.82) is 0 Å². The fourth-order valence-corrected chi connectivity index (χ4v) is 2.10. The van der Waals surface area contributed by atoms with Crippen LogP contribution in [0.4, 0.5) is 5.69 Å². The van der Waals surface area contributed by atoms with E-state index in [0.717, 1.165) is 32.7 Å². The summed E-state index contributed by atoms with van der Waals surface area (Å²) in [6, 6.07) is 8.41. The molecule has 1 aromatic rings. The summed E-state index contributed by atoms with van der Waals surface area (Å²) in [7, 11) is 0. The van der Waals surface area contributed by atoms with Crippen LogP contribution in [-0.2, 0) is 16.0 Å². The zero-order valence-corrected chi connectivity index (χ0v) is 11.8. The first-order chi connectivity index (χ1) is 8.79. The Morgan fingerprint density at radius 3 is 2.79 bits per heavy atom. The van der Waals surface area contributed by atoms with Gasteiger partial charge in [-0.1, -0.05) is 18.7 Å². The number of allylic oxidation sites excluding steroid dienone is 1. The monoisotopic (exact) mass is 281 g/mol. The number of aryl methyl sites for hydroxylation is 1. The van der Waals surface area contributed by atoms with Crippen LogP contribution < -0.4 is 4.90 Å². The number of nitrogens with zero attached hydrogens (tertiary/aromatic N) is 1. The molecule has 1 saturated heterocycles. The zero-order chi connectivity index (χ0) is 12.8. The van der Waals surface area contributed by atoms with Crippen molar-refractivity contribution in [3.63, 3.8) is 0 Å². The van der Waals surface area contributed by atoms with Crippen LogP contribution in [0.5, 0.6) is 0 Å². The van der Waals surface area contributed by atoms with Crippen molar-refractivity contribution in [2.75, 3.05) is 31.2 Å². The highest BCUT2D eigenvalue weighted by Crippen LogP contribution is 2.18. The quantitative estimate of drug-likeness (QED) is 0.777. The Kier molecular flexibility index (Phi) is 6.60. The number of hydrogen-bond donors (Lipinski definition) is 0. The SMILES string of the molecule is C=CC(=O)CCc1cccc(N2CCOCC2)c1.Cl. The lowest BCUT2D eigenvalue weighted by Crippen LogP contribution is -2.36. The van der Waals surface area contributed by atoms with Gasteiger partial charge in [-0.25, -0.2) is 0 Å². The standard InChI is InChI=1S/C15H19NO2.ClH/c1-2-15(17)7-6-13-4-3-5-14(12-13)16-8-10-18-11-9-16;/h2-5,12H,1,6-11H2;1H. The van der Waals surface area contributed by atoms with E-state index in [1.54, 1.807) is 0 Å². The van der Waals surface area contributed by atoms with E-state index < -0.39 is 0 Å². The van der Waals surface area contributed by atoms with Crippen molar-refractivity contribution >= 4 is 23.9 Å². The molecular formula is C15H20ClNO2. The molecule has 0 aromatic heterocycles. The molecule has 1 heterocycles. The molecule has 0 radical (unpaired) electrons. The van der Waals surface area contributed by atoms with Gasteiger partial charge in [-0.15, -0.1) is 12.4 Å². The zero-order valence-electron chi connectivity index (χ0n) is 11.0. The minimum Gasteiger partial charge on any atom is -0.378 e. The van der Waals surface area contributed by atoms with Crippen molar-refractivity contribution in [3.05, 3.63) is 42.5 Å². The molecule has 104 valence electrons. The maximum absolute atomic E-state index is 11.2. The lowest BCUT2D eigenvalue weighted by molar-refractivity contribution is -0.114. The molecule has 2 rings (SSSR count). The van der Waals surface area contributed by atoms with Gasteiger partial charge < -0.3 is 9.64 Å². The van der Waals surface area contributed by atoms with E-state index in [0.29, 0.717) is 6.42 Å². The van der Waals surface area contributed by atoms with Crippen LogP contribution in [0.15, 0.2) is 36.9 Å². The molecule has 0 atom stereocenters. The highest BCUT2D eigenvalue weighted by atomic mass is 35.5. The predicted octanol–water partition coefficient (Wildman–Crippen LogP) is 2.63. The van der Waals surface area contributed by atoms with Gasteiger partial charge in [-0.2, -0.15) is 0 Å². The molecular weight excluding hydrogens is 262 g/mol. The molecule has 4 heteroatoms. The fourth-order valence-electron chi connectivity index (χ4n) is 2.10. The number of morpholine rings is 1. The molecule has 0 amide bonds. The third-order valence-corrected chi connectivity index (χ3v) is 3.17. The highest BCUT2D eigenvalue weighted by Gasteiger charge is 2.11. The summed E-state index contributed by atoms with van der Waals surface area (Å²) in [5.74, 6) is 0.103. The average Bonchev–Trinajstić information content (AvgIpc) is 2.46. The van der Waals surface area contributed by atoms with Gasteiger partial charge in [0.25, 0.3) is 0 Å². The maximum Gasteiger partial charge on any atom is 0.155 e. The Morgan fingerprint density at radius 2 is 2.11 bits per heavy atom. The van der Waals surface area contributed by atoms with E-state index in [1.807, 2.05) is 0 Å². The topological polar surface area (TPSA) is 29.5 Å². The van der Waals surface area contributed by atoms with E-state index in [4.69, 9.17) is 4.74 Å². The summed E-state index contributed by atoms with van der Waals surface area (Å²) in [6.45, 7) is 6.95. The van der Waals surface area contributed by atoms with E-state index in [1.165, 1.54) is 17.3 Å². The van der Waals surface area contributed by atoms with Gasteiger partial charge in [0, 0.05) is 25.2 Å². The Hall–Kier alpha value is -1.32. The van der Waals surface area contributed by atoms with Crippen LogP contribution >= 0.6 is 12.4 Å². The first-order valence-electron chi connectivity index (χ1n) is 6.36. The average molecular weight is 282 g/mol. The second-order valence-corrected chi connectivity index (χ2v) is 4.44. The van der Waals surface area contributed by atoms with Crippen LogP contribution in [0.3, 0.4) is 0 Å². The minimum atomic E-state index is 0. The molecule has 0 aliphatic carbocycles. The number of benzene rings is 1. The van der Waals surface area contributed by atoms with Gasteiger partial charge in [-0.05, 0) is 30.2 Å². The summed E-state index contributed by atoms with van der Waals surface area (Å²) in [5, 5.41) is 0. The van der Waals surface area contributed by atoms with E-state index >= 15 is 0 Å². The number of anilines is 1. The first-order valence-corrected chi connectivity index (χ1v) is 6.36. The molecule has 1 aliphatic rings. The van der Waals surface area contributed by atoms with Crippen LogP contribution in [0, 0.1) is 0 Å². The Balaban J connectivity index is 0.00000180. The number of ketones is 1. The second-order valence-electron chi connectivity index (χ2n) is 4.44. The molecule has 19 heavy (non-hydrogen) atoms. The number of hydrogen-bond acceptors (Lipinski definition) is 3. The fraction of sp³-hybridized carbons (Fsp3) is 0.400. The van der Waals surface area contributed by atoms with Crippen LogP contribution in [0.1, 0.15) is 12.0 Å². The third-order valence-electron chi connectivity index (χ3n) is 3.17. The Bertz CT molecular complexity index is 428. The predicted molar refractivity (Wildman–Crippen MR) is 80.2 cm³/mol. The van der Waals surface area contributed by atoms with Crippen molar-refractivity contribution in [2.45, 2.75) is 12.8 Å². The molecule has 0 saturated carbocycles. The van der Waals surface area contributed by atoms with Crippen molar-refractivity contribution < 1.29 is 9.53 Å². The number of halogens is 1. The molecule has 1 fully saturated rings. The largest absolute Gasteiger partial charge is 0.378 e. The maximum atomic E-state index is 11.2. The van der Waals surface area contributed by atoms with Gasteiger partial charge in [0.2, 0.25) is 0 Å². The Morgan fingerprint density at radius 1 is 1.37 bits per heavy atom. The molecule has 0 unspecified atom stereocenters. The van der Waals surface area contributed by atoms with Gasteiger partial charge in [0.1, 0.15) is 0 Å². The van der Waals surface area contributed by atoms with E-state index in [-0.39, 0.29) is 18.2 Å². The number of carbonyl (C=O) groups is 1.